The summed E-state index contributed by atoms with van der Waals surface area (Å²) in [7, 11) is 0. The number of fused-ring (bicyclic) bond motifs is 1. The molecule has 1 N–H and O–H groups in total. The Kier molecular flexibility index (Phi) is 4.08. The normalized spacial score (nSPS) is 18.3. The first kappa shape index (κ1) is 16.0. The van der Waals surface area contributed by atoms with E-state index in [-0.39, 0.29) is 0 Å². The van der Waals surface area contributed by atoms with Gasteiger partial charge in [0.1, 0.15) is 5.60 Å². The predicted octanol–water partition coefficient (Wildman–Crippen LogP) is 3.24. The number of thiazole rings is 1. The van der Waals surface area contributed by atoms with Crippen LogP contribution >= 0.6 is 22.9 Å². The second-order valence-corrected chi connectivity index (χ2v) is 7.66. The zero-order chi connectivity index (χ0) is 16.7. The average molecular weight is 363 g/mol. The minimum absolute atomic E-state index is 0.572. The molecule has 4 rings (SSSR count). The van der Waals surface area contributed by atoms with Gasteiger partial charge in [0.2, 0.25) is 0 Å². The van der Waals surface area contributed by atoms with Crippen LogP contribution in [-0.2, 0) is 12.1 Å². The Labute approximate surface area is 149 Å². The highest BCUT2D eigenvalue weighted by Gasteiger charge is 2.35. The number of halogens is 1. The summed E-state index contributed by atoms with van der Waals surface area (Å²) in [4.78, 5) is 12.0. The van der Waals surface area contributed by atoms with Crippen molar-refractivity contribution in [2.75, 3.05) is 13.1 Å². The summed E-state index contributed by atoms with van der Waals surface area (Å²) in [6.07, 6.45) is 5.17. The first-order valence-corrected chi connectivity index (χ1v) is 9.29. The number of pyridine rings is 1. The Balaban J connectivity index is 1.47. The topological polar surface area (TPSA) is 53.7 Å². The van der Waals surface area contributed by atoms with Gasteiger partial charge in [-0.15, -0.1) is 11.3 Å². The van der Waals surface area contributed by atoms with E-state index in [1.54, 1.807) is 11.3 Å². The van der Waals surface area contributed by atoms with E-state index < -0.39 is 5.60 Å². The number of piperidine rings is 1. The average Bonchev–Trinajstić information content (AvgIpc) is 3.13. The molecule has 3 aromatic rings. The first-order chi connectivity index (χ1) is 11.5. The molecular weight excluding hydrogens is 344 g/mol. The van der Waals surface area contributed by atoms with E-state index in [4.69, 9.17) is 11.6 Å². The summed E-state index contributed by atoms with van der Waals surface area (Å²) in [5.41, 5.74) is 2.07. The number of hydrogen-bond donors (Lipinski definition) is 1. The molecule has 0 aromatic carbocycles. The molecule has 0 bridgehead atoms. The molecule has 3 aromatic heterocycles. The van der Waals surface area contributed by atoms with Crippen molar-refractivity contribution >= 4 is 27.9 Å². The van der Waals surface area contributed by atoms with Gasteiger partial charge in [0.25, 0.3) is 0 Å². The quantitative estimate of drug-likeness (QED) is 0.777. The van der Waals surface area contributed by atoms with E-state index >= 15 is 0 Å². The van der Waals surface area contributed by atoms with Crippen molar-refractivity contribution in [2.24, 2.45) is 0 Å². The van der Waals surface area contributed by atoms with Crippen LogP contribution < -0.4 is 0 Å². The van der Waals surface area contributed by atoms with E-state index in [9.17, 15) is 5.11 Å². The van der Waals surface area contributed by atoms with Gasteiger partial charge < -0.3 is 5.11 Å². The second-order valence-electron chi connectivity index (χ2n) is 6.43. The molecule has 0 amide bonds. The summed E-state index contributed by atoms with van der Waals surface area (Å²) in [5, 5.41) is 13.5. The number of aromatic nitrogens is 3. The molecule has 1 aliphatic rings. The zero-order valence-corrected chi connectivity index (χ0v) is 15.0. The van der Waals surface area contributed by atoms with Gasteiger partial charge in [-0.1, -0.05) is 17.7 Å². The number of rotatable bonds is 3. The maximum absolute atomic E-state index is 10.9. The number of aliphatic hydroxyl groups is 1. The second kappa shape index (κ2) is 6.11. The van der Waals surface area contributed by atoms with Crippen molar-refractivity contribution in [1.82, 2.24) is 19.3 Å². The highest BCUT2D eigenvalue weighted by Crippen LogP contribution is 2.33. The molecule has 0 atom stereocenters. The van der Waals surface area contributed by atoms with Crippen LogP contribution in [0.5, 0.6) is 0 Å². The third kappa shape index (κ3) is 2.84. The summed E-state index contributed by atoms with van der Waals surface area (Å²) in [6.45, 7) is 4.36. The van der Waals surface area contributed by atoms with Crippen LogP contribution in [-0.4, -0.2) is 37.5 Å². The Morgan fingerprint density at radius 2 is 2.12 bits per heavy atom. The Hall–Kier alpha value is -1.47. The third-order valence-electron chi connectivity index (χ3n) is 4.76. The smallest absolute Gasteiger partial charge is 0.195 e. The lowest BCUT2D eigenvalue weighted by Gasteiger charge is -2.37. The van der Waals surface area contributed by atoms with Gasteiger partial charge in [0, 0.05) is 37.4 Å². The van der Waals surface area contributed by atoms with Gasteiger partial charge >= 0.3 is 0 Å². The highest BCUT2D eigenvalue weighted by molar-refractivity contribution is 7.15. The highest BCUT2D eigenvalue weighted by atomic mass is 35.5. The van der Waals surface area contributed by atoms with Crippen LogP contribution in [0.3, 0.4) is 0 Å². The van der Waals surface area contributed by atoms with Crippen molar-refractivity contribution in [1.29, 1.82) is 0 Å². The van der Waals surface area contributed by atoms with E-state index in [1.807, 2.05) is 36.8 Å². The molecule has 1 saturated heterocycles. The van der Waals surface area contributed by atoms with Gasteiger partial charge in [-0.25, -0.2) is 4.98 Å². The van der Waals surface area contributed by atoms with Crippen LogP contribution in [0.4, 0.5) is 0 Å². The van der Waals surface area contributed by atoms with Crippen LogP contribution in [0.15, 0.2) is 29.9 Å². The molecule has 4 heterocycles. The largest absolute Gasteiger partial charge is 0.383 e. The minimum atomic E-state index is -0.830. The predicted molar refractivity (Wildman–Crippen MR) is 95.5 cm³/mol. The lowest BCUT2D eigenvalue weighted by molar-refractivity contribution is -0.0313. The van der Waals surface area contributed by atoms with E-state index in [1.165, 1.54) is 0 Å². The fourth-order valence-corrected chi connectivity index (χ4v) is 4.25. The lowest BCUT2D eigenvalue weighted by Crippen LogP contribution is -2.42. The van der Waals surface area contributed by atoms with E-state index in [0.29, 0.717) is 18.0 Å². The lowest BCUT2D eigenvalue weighted by atomic mass is 9.87. The van der Waals surface area contributed by atoms with Gasteiger partial charge in [0.15, 0.2) is 10.1 Å². The maximum Gasteiger partial charge on any atom is 0.195 e. The molecule has 0 spiro atoms. The van der Waals surface area contributed by atoms with Gasteiger partial charge in [-0.3, -0.25) is 14.3 Å². The number of imidazole rings is 1. The molecule has 24 heavy (non-hydrogen) atoms. The fraction of sp³-hybridized carbons (Fsp3) is 0.412. The monoisotopic (exact) mass is 362 g/mol. The minimum Gasteiger partial charge on any atom is -0.383 e. The summed E-state index contributed by atoms with van der Waals surface area (Å²) in [5.74, 6) is 0. The van der Waals surface area contributed by atoms with Crippen LogP contribution in [0, 0.1) is 6.92 Å². The number of hydrogen-bond acceptors (Lipinski definition) is 5. The standard InChI is InChI=1S/C17H19ClN4OS/c1-12-2-3-14(19-10-12)17(23)4-6-21(7-5-17)11-13-15(18)20-16-22(13)8-9-24-16/h2-3,8-10,23H,4-7,11H2,1H3. The van der Waals surface area contributed by atoms with Crippen LogP contribution in [0.2, 0.25) is 5.15 Å². The third-order valence-corrected chi connectivity index (χ3v) is 5.82. The summed E-state index contributed by atoms with van der Waals surface area (Å²) >= 11 is 7.87. The van der Waals surface area contributed by atoms with Crippen molar-refractivity contribution in [2.45, 2.75) is 31.9 Å². The molecule has 126 valence electrons. The maximum atomic E-state index is 10.9. The molecular formula is C17H19ClN4OS. The van der Waals surface area contributed by atoms with Crippen LogP contribution in [0.25, 0.3) is 4.96 Å². The van der Waals surface area contributed by atoms with Crippen LogP contribution in [0.1, 0.15) is 29.8 Å². The molecule has 0 radical (unpaired) electrons. The number of nitrogens with zero attached hydrogens (tertiary/aromatic N) is 4. The van der Waals surface area contributed by atoms with Crippen molar-refractivity contribution in [3.05, 3.63) is 52.0 Å². The van der Waals surface area contributed by atoms with Crippen molar-refractivity contribution in [3.63, 3.8) is 0 Å². The molecule has 0 unspecified atom stereocenters. The first-order valence-electron chi connectivity index (χ1n) is 8.03. The Morgan fingerprint density at radius 3 is 2.83 bits per heavy atom. The van der Waals surface area contributed by atoms with E-state index in [0.717, 1.165) is 41.5 Å². The molecule has 0 saturated carbocycles. The zero-order valence-electron chi connectivity index (χ0n) is 13.4. The van der Waals surface area contributed by atoms with Gasteiger partial charge in [-0.05, 0) is 31.4 Å². The SMILES string of the molecule is Cc1ccc(C2(O)CCN(Cc3c(Cl)nc4sccn34)CC2)nc1. The molecule has 5 nitrogen and oxygen atoms in total. The molecule has 1 fully saturated rings. The number of likely N-dealkylation sites (tertiary alicyclic amines) is 1. The summed E-state index contributed by atoms with van der Waals surface area (Å²) < 4.78 is 2.05. The van der Waals surface area contributed by atoms with Crippen molar-refractivity contribution < 1.29 is 5.11 Å². The number of aryl methyl sites for hydroxylation is 1. The Morgan fingerprint density at radius 1 is 1.33 bits per heavy atom. The summed E-state index contributed by atoms with van der Waals surface area (Å²) in [6, 6.07) is 3.94. The Bertz CT molecular complexity index is 849. The van der Waals surface area contributed by atoms with Gasteiger partial charge in [0.05, 0.1) is 11.4 Å². The fourth-order valence-electron chi connectivity index (χ4n) is 3.24. The molecule has 1 aliphatic heterocycles. The van der Waals surface area contributed by atoms with E-state index in [2.05, 4.69) is 19.3 Å². The molecule has 0 aliphatic carbocycles. The molecule has 7 heteroatoms. The van der Waals surface area contributed by atoms with Crippen molar-refractivity contribution in [3.8, 4) is 0 Å². The van der Waals surface area contributed by atoms with Gasteiger partial charge in [-0.2, -0.15) is 0 Å².